The van der Waals surface area contributed by atoms with Gasteiger partial charge in [-0.2, -0.15) is 0 Å². The molecule has 0 bridgehead atoms. The third kappa shape index (κ3) is 4.04. The summed E-state index contributed by atoms with van der Waals surface area (Å²) in [7, 11) is 1.96. The summed E-state index contributed by atoms with van der Waals surface area (Å²) in [6.45, 7) is 5.30. The van der Waals surface area contributed by atoms with Crippen molar-refractivity contribution in [3.63, 3.8) is 0 Å². The van der Waals surface area contributed by atoms with E-state index in [1.807, 2.05) is 16.8 Å². The molecule has 1 saturated carbocycles. The van der Waals surface area contributed by atoms with E-state index in [9.17, 15) is 9.59 Å². The Bertz CT molecular complexity index is 424. The van der Waals surface area contributed by atoms with Crippen LogP contribution in [-0.2, 0) is 9.59 Å². The average Bonchev–Trinajstić information content (AvgIpc) is 2.54. The van der Waals surface area contributed by atoms with Crippen molar-refractivity contribution < 1.29 is 9.59 Å². The quantitative estimate of drug-likeness (QED) is 0.800. The van der Waals surface area contributed by atoms with Gasteiger partial charge in [-0.15, -0.1) is 0 Å². The van der Waals surface area contributed by atoms with Gasteiger partial charge in [-0.1, -0.05) is 19.3 Å². The molecule has 130 valence electrons. The van der Waals surface area contributed by atoms with Crippen molar-refractivity contribution in [2.75, 3.05) is 52.9 Å². The molecule has 0 unspecified atom stereocenters. The molecule has 2 heterocycles. The van der Waals surface area contributed by atoms with Crippen LogP contribution in [0.5, 0.6) is 0 Å². The van der Waals surface area contributed by atoms with Crippen LogP contribution in [-0.4, -0.2) is 85.4 Å². The highest BCUT2D eigenvalue weighted by Gasteiger charge is 2.32. The van der Waals surface area contributed by atoms with Crippen molar-refractivity contribution in [3.05, 3.63) is 0 Å². The lowest BCUT2D eigenvalue weighted by Crippen LogP contribution is -2.57. The Kier molecular flexibility index (Phi) is 5.54. The van der Waals surface area contributed by atoms with Crippen LogP contribution in [0.4, 0.5) is 0 Å². The third-order valence-corrected chi connectivity index (χ3v) is 5.69. The van der Waals surface area contributed by atoms with E-state index in [-0.39, 0.29) is 17.7 Å². The Labute approximate surface area is 139 Å². The minimum Gasteiger partial charge on any atom is -0.342 e. The molecule has 6 heteroatoms. The molecule has 0 aromatic heterocycles. The topological polar surface area (TPSA) is 55.9 Å². The first-order chi connectivity index (χ1) is 11.1. The van der Waals surface area contributed by atoms with Gasteiger partial charge < -0.3 is 15.1 Å². The van der Waals surface area contributed by atoms with E-state index < -0.39 is 0 Å². The molecule has 3 rings (SSSR count). The van der Waals surface area contributed by atoms with E-state index in [0.29, 0.717) is 12.6 Å². The van der Waals surface area contributed by atoms with Crippen LogP contribution in [0.2, 0.25) is 0 Å². The van der Waals surface area contributed by atoms with E-state index in [2.05, 4.69) is 10.2 Å². The van der Waals surface area contributed by atoms with Gasteiger partial charge in [-0.05, 0) is 12.8 Å². The van der Waals surface area contributed by atoms with E-state index in [1.165, 1.54) is 19.3 Å². The highest BCUT2D eigenvalue weighted by Crippen LogP contribution is 2.21. The van der Waals surface area contributed by atoms with E-state index in [4.69, 9.17) is 0 Å². The van der Waals surface area contributed by atoms with Crippen molar-refractivity contribution in [1.29, 1.82) is 0 Å². The number of piperazine rings is 1. The van der Waals surface area contributed by atoms with Crippen LogP contribution in [0.3, 0.4) is 0 Å². The standard InChI is InChI=1S/C17H30N4O2/c1-19(15-5-3-2-4-6-15)16(22)13-20-7-9-21(10-8-20)17(23)14-11-18-12-14/h14-15,18H,2-13H2,1H3. The molecule has 2 saturated heterocycles. The molecule has 0 aromatic carbocycles. The van der Waals surface area contributed by atoms with E-state index in [1.54, 1.807) is 0 Å². The highest BCUT2D eigenvalue weighted by atomic mass is 16.2. The van der Waals surface area contributed by atoms with Crippen LogP contribution in [0.25, 0.3) is 0 Å². The second-order valence-electron chi connectivity index (χ2n) is 7.25. The number of likely N-dealkylation sites (N-methyl/N-ethyl adjacent to an activating group) is 1. The Hall–Kier alpha value is -1.14. The molecule has 0 atom stereocenters. The first-order valence-electron chi connectivity index (χ1n) is 9.12. The van der Waals surface area contributed by atoms with E-state index >= 15 is 0 Å². The van der Waals surface area contributed by atoms with Crippen LogP contribution in [0.15, 0.2) is 0 Å². The zero-order valence-corrected chi connectivity index (χ0v) is 14.3. The maximum Gasteiger partial charge on any atom is 0.236 e. The molecular formula is C17H30N4O2. The summed E-state index contributed by atoms with van der Waals surface area (Å²) in [5, 5.41) is 3.15. The number of nitrogens with zero attached hydrogens (tertiary/aromatic N) is 3. The summed E-state index contributed by atoms with van der Waals surface area (Å²) < 4.78 is 0. The summed E-state index contributed by atoms with van der Waals surface area (Å²) in [6, 6.07) is 0.435. The Balaban J connectivity index is 1.41. The van der Waals surface area contributed by atoms with Gasteiger partial charge >= 0.3 is 0 Å². The van der Waals surface area contributed by atoms with Crippen LogP contribution < -0.4 is 5.32 Å². The first-order valence-corrected chi connectivity index (χ1v) is 9.12. The van der Waals surface area contributed by atoms with Gasteiger partial charge in [0, 0.05) is 52.4 Å². The minimum absolute atomic E-state index is 0.181. The largest absolute Gasteiger partial charge is 0.342 e. The highest BCUT2D eigenvalue weighted by molar-refractivity contribution is 5.80. The van der Waals surface area contributed by atoms with Gasteiger partial charge in [0.05, 0.1) is 12.5 Å². The Morgan fingerprint density at radius 2 is 1.70 bits per heavy atom. The molecule has 0 aromatic rings. The predicted octanol–water partition coefficient (Wildman–Crippen LogP) is 0.141. The summed E-state index contributed by atoms with van der Waals surface area (Å²) in [5.41, 5.74) is 0. The van der Waals surface area contributed by atoms with Crippen molar-refractivity contribution >= 4 is 11.8 Å². The molecule has 1 N–H and O–H groups in total. The maximum absolute atomic E-state index is 12.5. The summed E-state index contributed by atoms with van der Waals surface area (Å²) in [5.74, 6) is 0.703. The van der Waals surface area contributed by atoms with Gasteiger partial charge in [0.1, 0.15) is 0 Å². The first kappa shape index (κ1) is 16.7. The number of rotatable bonds is 4. The molecule has 0 radical (unpaired) electrons. The van der Waals surface area contributed by atoms with Gasteiger partial charge in [0.15, 0.2) is 0 Å². The Morgan fingerprint density at radius 1 is 1.04 bits per heavy atom. The third-order valence-electron chi connectivity index (χ3n) is 5.69. The second kappa shape index (κ2) is 7.62. The summed E-state index contributed by atoms with van der Waals surface area (Å²) in [6.07, 6.45) is 6.11. The van der Waals surface area contributed by atoms with Crippen LogP contribution in [0.1, 0.15) is 32.1 Å². The number of hydrogen-bond acceptors (Lipinski definition) is 4. The smallest absolute Gasteiger partial charge is 0.236 e. The van der Waals surface area contributed by atoms with Gasteiger partial charge in [0.2, 0.25) is 11.8 Å². The monoisotopic (exact) mass is 322 g/mol. The molecule has 0 spiro atoms. The van der Waals surface area contributed by atoms with Crippen LogP contribution in [0, 0.1) is 5.92 Å². The Morgan fingerprint density at radius 3 is 2.26 bits per heavy atom. The molecule has 6 nitrogen and oxygen atoms in total. The summed E-state index contributed by atoms with van der Waals surface area (Å²) >= 11 is 0. The van der Waals surface area contributed by atoms with Gasteiger partial charge in [0.25, 0.3) is 0 Å². The van der Waals surface area contributed by atoms with Crippen molar-refractivity contribution in [3.8, 4) is 0 Å². The number of amides is 2. The van der Waals surface area contributed by atoms with Gasteiger partial charge in [-0.25, -0.2) is 0 Å². The number of nitrogens with one attached hydrogen (secondary N) is 1. The number of carbonyl (C=O) groups excluding carboxylic acids is 2. The SMILES string of the molecule is CN(C(=O)CN1CCN(C(=O)C2CNC2)CC1)C1CCCCC1. The molecule has 2 aliphatic heterocycles. The second-order valence-corrected chi connectivity index (χ2v) is 7.25. The lowest BCUT2D eigenvalue weighted by atomic mass is 9.94. The van der Waals surface area contributed by atoms with Crippen LogP contribution >= 0.6 is 0 Å². The fourth-order valence-electron chi connectivity index (χ4n) is 3.82. The normalized spacial score (nSPS) is 24.3. The average molecular weight is 322 g/mol. The molecule has 1 aliphatic carbocycles. The zero-order chi connectivity index (χ0) is 16.2. The molecule has 2 amide bonds. The van der Waals surface area contributed by atoms with Crippen molar-refractivity contribution in [1.82, 2.24) is 20.0 Å². The molecule has 3 aliphatic rings. The lowest BCUT2D eigenvalue weighted by Gasteiger charge is -2.39. The maximum atomic E-state index is 12.5. The zero-order valence-electron chi connectivity index (χ0n) is 14.3. The fourth-order valence-corrected chi connectivity index (χ4v) is 3.82. The van der Waals surface area contributed by atoms with Crippen molar-refractivity contribution in [2.24, 2.45) is 5.92 Å². The molecule has 3 fully saturated rings. The minimum atomic E-state index is 0.181. The summed E-state index contributed by atoms with van der Waals surface area (Å²) in [4.78, 5) is 30.8. The van der Waals surface area contributed by atoms with E-state index in [0.717, 1.165) is 52.1 Å². The number of carbonyl (C=O) groups is 2. The number of hydrogen-bond donors (Lipinski definition) is 1. The molecular weight excluding hydrogens is 292 g/mol. The lowest BCUT2D eigenvalue weighted by molar-refractivity contribution is -0.139. The van der Waals surface area contributed by atoms with Gasteiger partial charge in [-0.3, -0.25) is 14.5 Å². The fraction of sp³-hybridized carbons (Fsp3) is 0.882. The van der Waals surface area contributed by atoms with Crippen molar-refractivity contribution in [2.45, 2.75) is 38.1 Å². The molecule has 23 heavy (non-hydrogen) atoms. The predicted molar refractivity (Wildman–Crippen MR) is 89.0 cm³/mol.